The number of nitrogens with one attached hydrogen (secondary N) is 1. The molecule has 0 bridgehead atoms. The van der Waals surface area contributed by atoms with Crippen molar-refractivity contribution in [1.82, 2.24) is 15.0 Å². The average molecular weight is 449 g/mol. The summed E-state index contributed by atoms with van der Waals surface area (Å²) in [6, 6.07) is 31.7. The van der Waals surface area contributed by atoms with Crippen molar-refractivity contribution in [3.8, 4) is 45.4 Å². The fraction of sp³-hybridized carbons (Fsp3) is 0. The minimum absolute atomic E-state index is 0.160. The van der Waals surface area contributed by atoms with E-state index in [0.717, 1.165) is 45.1 Å². The van der Waals surface area contributed by atoms with Crippen LogP contribution in [-0.2, 0) is 0 Å². The number of para-hydroxylation sites is 3. The predicted octanol–water partition coefficient (Wildman–Crippen LogP) is 7.38. The first-order valence-electron chi connectivity index (χ1n) is 10.5. The summed E-state index contributed by atoms with van der Waals surface area (Å²) in [4.78, 5) is 13.4. The lowest BCUT2D eigenvalue weighted by Gasteiger charge is -2.24. The van der Waals surface area contributed by atoms with Crippen LogP contribution in [0.25, 0.3) is 33.9 Å². The Balaban J connectivity index is 1.42. The van der Waals surface area contributed by atoms with E-state index in [2.05, 4.69) is 38.5 Å². The Hall–Kier alpha value is -4.22. The van der Waals surface area contributed by atoms with E-state index >= 15 is 0 Å². The summed E-state index contributed by atoms with van der Waals surface area (Å²) in [5.41, 5.74) is 5.63. The van der Waals surface area contributed by atoms with Crippen LogP contribution in [0.5, 0.6) is 11.5 Å². The summed E-state index contributed by atoms with van der Waals surface area (Å²) < 4.78 is 6.12. The first-order chi connectivity index (χ1) is 16.2. The monoisotopic (exact) mass is 448 g/mol. The highest BCUT2D eigenvalue weighted by atomic mass is 35.5. The van der Waals surface area contributed by atoms with Crippen molar-refractivity contribution in [3.63, 3.8) is 0 Å². The van der Waals surface area contributed by atoms with Gasteiger partial charge in [-0.1, -0.05) is 72.8 Å². The van der Waals surface area contributed by atoms with Crippen LogP contribution in [-0.4, -0.2) is 15.0 Å². The molecule has 0 saturated heterocycles. The first-order valence-corrected chi connectivity index (χ1v) is 10.9. The zero-order chi connectivity index (χ0) is 22.2. The third-order valence-electron chi connectivity index (χ3n) is 5.46. The summed E-state index contributed by atoms with van der Waals surface area (Å²) in [5.74, 6) is 2.66. The molecule has 1 aliphatic heterocycles. The van der Waals surface area contributed by atoms with Crippen LogP contribution in [0.2, 0.25) is 5.28 Å². The van der Waals surface area contributed by atoms with E-state index in [1.54, 1.807) is 0 Å². The summed E-state index contributed by atoms with van der Waals surface area (Å²) in [6.45, 7) is 0. The van der Waals surface area contributed by atoms with Crippen molar-refractivity contribution < 1.29 is 4.74 Å². The van der Waals surface area contributed by atoms with Gasteiger partial charge in [0.05, 0.1) is 11.4 Å². The molecule has 0 radical (unpaired) electrons. The van der Waals surface area contributed by atoms with E-state index < -0.39 is 0 Å². The van der Waals surface area contributed by atoms with E-state index in [9.17, 15) is 0 Å². The number of nitrogens with zero attached hydrogens (tertiary/aromatic N) is 3. The Labute approximate surface area is 195 Å². The van der Waals surface area contributed by atoms with Gasteiger partial charge in [-0.15, -0.1) is 0 Å². The van der Waals surface area contributed by atoms with Gasteiger partial charge in [-0.05, 0) is 41.4 Å². The normalized spacial score (nSPS) is 11.7. The van der Waals surface area contributed by atoms with E-state index in [4.69, 9.17) is 16.3 Å². The van der Waals surface area contributed by atoms with Gasteiger partial charge in [0.1, 0.15) is 0 Å². The van der Waals surface area contributed by atoms with Crippen LogP contribution < -0.4 is 10.1 Å². The Morgan fingerprint density at radius 2 is 1.27 bits per heavy atom. The molecule has 0 unspecified atom stereocenters. The van der Waals surface area contributed by atoms with Gasteiger partial charge in [0, 0.05) is 16.7 Å². The highest BCUT2D eigenvalue weighted by Gasteiger charge is 2.20. The minimum Gasteiger partial charge on any atom is -0.453 e. The molecule has 2 heterocycles. The summed E-state index contributed by atoms with van der Waals surface area (Å²) >= 11 is 6.26. The van der Waals surface area contributed by atoms with Crippen LogP contribution in [0.3, 0.4) is 0 Å². The molecule has 0 amide bonds. The molecule has 33 heavy (non-hydrogen) atoms. The molecule has 0 aliphatic carbocycles. The number of hydrogen-bond acceptors (Lipinski definition) is 5. The lowest BCUT2D eigenvalue weighted by atomic mass is 9.99. The van der Waals surface area contributed by atoms with Gasteiger partial charge in [-0.3, -0.25) is 0 Å². The van der Waals surface area contributed by atoms with E-state index in [1.165, 1.54) is 0 Å². The summed E-state index contributed by atoms with van der Waals surface area (Å²) in [6.07, 6.45) is 0. The van der Waals surface area contributed by atoms with Crippen molar-refractivity contribution in [1.29, 1.82) is 0 Å². The average Bonchev–Trinajstić information content (AvgIpc) is 2.87. The third kappa shape index (κ3) is 3.69. The molecule has 0 saturated carbocycles. The smallest absolute Gasteiger partial charge is 0.226 e. The zero-order valence-electron chi connectivity index (χ0n) is 17.4. The van der Waals surface area contributed by atoms with Crippen molar-refractivity contribution in [2.75, 3.05) is 5.32 Å². The van der Waals surface area contributed by atoms with Crippen molar-refractivity contribution >= 4 is 23.0 Å². The third-order valence-corrected chi connectivity index (χ3v) is 5.63. The van der Waals surface area contributed by atoms with Crippen molar-refractivity contribution in [2.24, 2.45) is 0 Å². The lowest BCUT2D eigenvalue weighted by Crippen LogP contribution is -2.04. The molecule has 6 heteroatoms. The molecule has 0 spiro atoms. The molecule has 4 aromatic carbocycles. The fourth-order valence-electron chi connectivity index (χ4n) is 3.92. The van der Waals surface area contributed by atoms with Gasteiger partial charge in [0.15, 0.2) is 23.1 Å². The second-order valence-corrected chi connectivity index (χ2v) is 7.94. The SMILES string of the molecule is Clc1nc(-c2ccccc2)nc(-c2cccc(-c3cccc4c3Nc3ccccc3O4)c2)n1. The maximum absolute atomic E-state index is 6.26. The molecular weight excluding hydrogens is 432 g/mol. The molecular formula is C27H17ClN4O. The number of benzene rings is 4. The molecule has 0 fully saturated rings. The van der Waals surface area contributed by atoms with Gasteiger partial charge in [-0.2, -0.15) is 9.97 Å². The van der Waals surface area contributed by atoms with Crippen LogP contribution in [0, 0.1) is 0 Å². The highest BCUT2D eigenvalue weighted by molar-refractivity contribution is 6.28. The minimum atomic E-state index is 0.160. The number of aromatic nitrogens is 3. The van der Waals surface area contributed by atoms with Crippen LogP contribution in [0.4, 0.5) is 11.4 Å². The van der Waals surface area contributed by atoms with Crippen LogP contribution in [0.1, 0.15) is 0 Å². The number of anilines is 2. The van der Waals surface area contributed by atoms with Crippen molar-refractivity contribution in [2.45, 2.75) is 0 Å². The largest absolute Gasteiger partial charge is 0.453 e. The number of rotatable bonds is 3. The fourth-order valence-corrected chi connectivity index (χ4v) is 4.08. The van der Waals surface area contributed by atoms with E-state index in [-0.39, 0.29) is 5.28 Å². The molecule has 158 valence electrons. The van der Waals surface area contributed by atoms with Crippen molar-refractivity contribution in [3.05, 3.63) is 102 Å². The highest BCUT2D eigenvalue weighted by Crippen LogP contribution is 2.46. The van der Waals surface area contributed by atoms with E-state index in [0.29, 0.717) is 11.6 Å². The van der Waals surface area contributed by atoms with Gasteiger partial charge in [0.25, 0.3) is 0 Å². The molecule has 1 aromatic heterocycles. The van der Waals surface area contributed by atoms with Gasteiger partial charge in [-0.25, -0.2) is 4.98 Å². The number of halogens is 1. The topological polar surface area (TPSA) is 59.9 Å². The Kier molecular flexibility index (Phi) is 4.74. The molecule has 0 atom stereocenters. The van der Waals surface area contributed by atoms with Gasteiger partial charge < -0.3 is 10.1 Å². The van der Waals surface area contributed by atoms with E-state index in [1.807, 2.05) is 78.9 Å². The Bertz CT molecular complexity index is 1490. The lowest BCUT2D eigenvalue weighted by molar-refractivity contribution is 0.481. The standard InChI is InChI=1S/C27H17ClN4O/c28-27-31-25(17-8-2-1-3-9-17)30-26(32-27)19-11-6-10-18(16-19)20-12-7-15-23-24(20)29-21-13-4-5-14-22(21)33-23/h1-16,29H. The Morgan fingerprint density at radius 3 is 2.15 bits per heavy atom. The maximum Gasteiger partial charge on any atom is 0.226 e. The molecule has 1 aliphatic rings. The first kappa shape index (κ1) is 19.5. The Morgan fingerprint density at radius 1 is 0.606 bits per heavy atom. The summed E-state index contributed by atoms with van der Waals surface area (Å²) in [5, 5.41) is 3.68. The molecule has 5 nitrogen and oxygen atoms in total. The summed E-state index contributed by atoms with van der Waals surface area (Å²) in [7, 11) is 0. The number of ether oxygens (including phenoxy) is 1. The number of fused-ring (bicyclic) bond motifs is 2. The van der Waals surface area contributed by atoms with Gasteiger partial charge in [0.2, 0.25) is 5.28 Å². The maximum atomic E-state index is 6.26. The number of hydrogen-bond donors (Lipinski definition) is 1. The predicted molar refractivity (Wildman–Crippen MR) is 131 cm³/mol. The van der Waals surface area contributed by atoms with Crippen LogP contribution >= 0.6 is 11.6 Å². The molecule has 6 rings (SSSR count). The molecule has 1 N–H and O–H groups in total. The zero-order valence-corrected chi connectivity index (χ0v) is 18.1. The van der Waals surface area contributed by atoms with Gasteiger partial charge >= 0.3 is 0 Å². The second kappa shape index (κ2) is 8.04. The molecule has 5 aromatic rings. The second-order valence-electron chi connectivity index (χ2n) is 7.60. The quantitative estimate of drug-likeness (QED) is 0.306. The van der Waals surface area contributed by atoms with Crippen LogP contribution in [0.15, 0.2) is 97.1 Å².